The van der Waals surface area contributed by atoms with Crippen LogP contribution >= 0.6 is 0 Å². The summed E-state index contributed by atoms with van der Waals surface area (Å²) in [5, 5.41) is 26.6. The van der Waals surface area contributed by atoms with Crippen LogP contribution in [0.4, 0.5) is 0 Å². The smallest absolute Gasteiger partial charge is 0.305 e. The van der Waals surface area contributed by atoms with E-state index < -0.39 is 30.2 Å². The minimum Gasteiger partial charge on any atom is -0.460 e. The molecule has 244 valence electrons. The summed E-state index contributed by atoms with van der Waals surface area (Å²) < 4.78 is 20.6. The fraction of sp³-hybridized carbons (Fsp3) is 0.704. The number of hydrogen-bond acceptors (Lipinski definition) is 12. The number of hydrogen-bond donors (Lipinski definition) is 5. The number of rotatable bonds is 25. The van der Waals surface area contributed by atoms with Gasteiger partial charge in [0.25, 0.3) is 11.8 Å². The number of amides is 5. The minimum absolute atomic E-state index is 0.00628. The molecule has 2 atom stereocenters. The van der Waals surface area contributed by atoms with Gasteiger partial charge < -0.3 is 45.1 Å². The topological polar surface area (TPSA) is 219 Å². The van der Waals surface area contributed by atoms with Gasteiger partial charge in [-0.2, -0.15) is 0 Å². The third kappa shape index (κ3) is 18.7. The summed E-state index contributed by atoms with van der Waals surface area (Å²) in [5.41, 5.74) is 0. The van der Waals surface area contributed by atoms with E-state index >= 15 is 0 Å². The Bertz CT molecular complexity index is 908. The lowest BCUT2D eigenvalue weighted by Crippen LogP contribution is -2.35. The molecular formula is C27H44N4O12. The zero-order chi connectivity index (χ0) is 31.9. The van der Waals surface area contributed by atoms with Gasteiger partial charge in [0, 0.05) is 64.0 Å². The van der Waals surface area contributed by atoms with E-state index in [2.05, 4.69) is 16.0 Å². The van der Waals surface area contributed by atoms with Crippen LogP contribution in [0.25, 0.3) is 0 Å². The Hall–Kier alpha value is -3.44. The average Bonchev–Trinajstić information content (AvgIpc) is 3.31. The van der Waals surface area contributed by atoms with E-state index in [1.165, 1.54) is 0 Å². The van der Waals surface area contributed by atoms with E-state index in [0.29, 0.717) is 6.42 Å². The molecule has 1 heterocycles. The van der Waals surface area contributed by atoms with Crippen LogP contribution < -0.4 is 16.0 Å². The van der Waals surface area contributed by atoms with Crippen LogP contribution in [0.15, 0.2) is 12.2 Å². The number of ether oxygens (including phenoxy) is 4. The summed E-state index contributed by atoms with van der Waals surface area (Å²) in [6, 6.07) is 0. The van der Waals surface area contributed by atoms with Crippen molar-refractivity contribution in [3.63, 3.8) is 0 Å². The van der Waals surface area contributed by atoms with Crippen molar-refractivity contribution in [2.75, 3.05) is 65.8 Å². The molecular weight excluding hydrogens is 572 g/mol. The zero-order valence-corrected chi connectivity index (χ0v) is 24.5. The Morgan fingerprint density at radius 3 is 2.02 bits per heavy atom. The Morgan fingerprint density at radius 1 is 0.814 bits per heavy atom. The lowest BCUT2D eigenvalue weighted by atomic mass is 10.2. The molecule has 0 bridgehead atoms. The van der Waals surface area contributed by atoms with E-state index in [-0.39, 0.29) is 116 Å². The molecule has 0 radical (unpaired) electrons. The number of carbonyl (C=O) groups is 6. The summed E-state index contributed by atoms with van der Waals surface area (Å²) >= 11 is 0. The quantitative estimate of drug-likeness (QED) is 0.0322. The average molecular weight is 617 g/mol. The van der Waals surface area contributed by atoms with Crippen LogP contribution in [0.2, 0.25) is 0 Å². The van der Waals surface area contributed by atoms with Crippen LogP contribution in [-0.2, 0) is 47.7 Å². The number of aliphatic hydroxyl groups excluding tert-OH is 2. The van der Waals surface area contributed by atoms with Gasteiger partial charge in [-0.15, -0.1) is 0 Å². The summed E-state index contributed by atoms with van der Waals surface area (Å²) in [7, 11) is 0. The second-order valence-corrected chi connectivity index (χ2v) is 9.28. The van der Waals surface area contributed by atoms with Gasteiger partial charge in [-0.05, 0) is 12.8 Å². The van der Waals surface area contributed by atoms with Crippen molar-refractivity contribution in [3.05, 3.63) is 12.2 Å². The van der Waals surface area contributed by atoms with Crippen molar-refractivity contribution >= 4 is 35.5 Å². The number of carbonyl (C=O) groups excluding carboxylic acids is 6. The lowest BCUT2D eigenvalue weighted by molar-refractivity contribution is -0.183. The Kier molecular flexibility index (Phi) is 20.2. The number of imide groups is 1. The minimum atomic E-state index is -1.33. The molecule has 1 aliphatic rings. The molecule has 2 unspecified atom stereocenters. The maximum absolute atomic E-state index is 11.9. The molecule has 0 aromatic heterocycles. The molecule has 1 rings (SSSR count). The third-order valence-electron chi connectivity index (χ3n) is 5.83. The van der Waals surface area contributed by atoms with Gasteiger partial charge in [-0.3, -0.25) is 33.7 Å². The van der Waals surface area contributed by atoms with Crippen molar-refractivity contribution in [1.29, 1.82) is 0 Å². The highest BCUT2D eigenvalue weighted by Gasteiger charge is 2.23. The Morgan fingerprint density at radius 2 is 1.40 bits per heavy atom. The molecule has 43 heavy (non-hydrogen) atoms. The molecule has 0 saturated heterocycles. The number of nitrogens with zero attached hydrogens (tertiary/aromatic N) is 1. The van der Waals surface area contributed by atoms with Gasteiger partial charge in [0.15, 0.2) is 6.29 Å². The van der Waals surface area contributed by atoms with E-state index in [1.807, 2.05) is 0 Å². The van der Waals surface area contributed by atoms with E-state index in [1.54, 1.807) is 6.92 Å². The summed E-state index contributed by atoms with van der Waals surface area (Å²) in [4.78, 5) is 71.0. The molecule has 0 fully saturated rings. The van der Waals surface area contributed by atoms with Crippen molar-refractivity contribution in [1.82, 2.24) is 20.9 Å². The zero-order valence-electron chi connectivity index (χ0n) is 24.5. The molecule has 0 aromatic rings. The standard InChI is InChI=1S/C27H44N4O12/c1-2-20(18-32)43-27(39)19-42-26(38)5-3-4-21(33)28-10-11-29-23(35)9-14-40-16-17-41-15-12-30-22(34)8-13-31-24(36)6-7-25(31)37/h6-7,20,27,32,39H,2-5,8-19H2,1H3,(H,28,33)(H,29,35)(H,30,34). The molecule has 0 aliphatic carbocycles. The van der Waals surface area contributed by atoms with Crippen molar-refractivity contribution in [2.45, 2.75) is 57.8 Å². The summed E-state index contributed by atoms with van der Waals surface area (Å²) in [6.45, 7) is 2.85. The largest absolute Gasteiger partial charge is 0.460 e. The summed E-state index contributed by atoms with van der Waals surface area (Å²) in [6.07, 6.45) is 1.41. The van der Waals surface area contributed by atoms with Crippen LogP contribution in [0, 0.1) is 0 Å². The van der Waals surface area contributed by atoms with Gasteiger partial charge in [-0.25, -0.2) is 0 Å². The van der Waals surface area contributed by atoms with Gasteiger partial charge in [0.2, 0.25) is 17.7 Å². The molecule has 16 nitrogen and oxygen atoms in total. The van der Waals surface area contributed by atoms with Crippen molar-refractivity contribution in [3.8, 4) is 0 Å². The predicted molar refractivity (Wildman–Crippen MR) is 149 cm³/mol. The monoisotopic (exact) mass is 616 g/mol. The van der Waals surface area contributed by atoms with Gasteiger partial charge in [0.05, 0.1) is 39.1 Å². The highest BCUT2D eigenvalue weighted by atomic mass is 16.6. The van der Waals surface area contributed by atoms with Crippen molar-refractivity contribution < 1.29 is 57.9 Å². The van der Waals surface area contributed by atoms with Crippen LogP contribution in [-0.4, -0.2) is 129 Å². The molecule has 5 amide bonds. The Labute approximate surface area is 250 Å². The molecule has 0 saturated carbocycles. The van der Waals surface area contributed by atoms with E-state index in [0.717, 1.165) is 17.1 Å². The molecule has 0 aromatic carbocycles. The van der Waals surface area contributed by atoms with Crippen LogP contribution in [0.1, 0.15) is 45.4 Å². The highest BCUT2D eigenvalue weighted by Crippen LogP contribution is 2.04. The SMILES string of the molecule is CCC(CO)OC(O)COC(=O)CCCC(=O)NCCNC(=O)CCOCCOCCNC(=O)CCN1C(=O)C=CC1=O. The lowest BCUT2D eigenvalue weighted by Gasteiger charge is -2.18. The van der Waals surface area contributed by atoms with Crippen molar-refractivity contribution in [2.24, 2.45) is 0 Å². The second kappa shape index (κ2) is 23.1. The number of aliphatic hydroxyl groups is 2. The first kappa shape index (κ1) is 37.6. The Balaban J connectivity index is 1.90. The van der Waals surface area contributed by atoms with Gasteiger partial charge in [0.1, 0.15) is 6.61 Å². The van der Waals surface area contributed by atoms with Gasteiger partial charge in [-0.1, -0.05) is 6.92 Å². The fourth-order valence-electron chi connectivity index (χ4n) is 3.44. The van der Waals surface area contributed by atoms with Crippen LogP contribution in [0.5, 0.6) is 0 Å². The molecule has 1 aliphatic heterocycles. The maximum Gasteiger partial charge on any atom is 0.305 e. The maximum atomic E-state index is 11.9. The first-order valence-corrected chi connectivity index (χ1v) is 14.2. The first-order valence-electron chi connectivity index (χ1n) is 14.2. The number of esters is 1. The second-order valence-electron chi connectivity index (χ2n) is 9.28. The number of nitrogens with one attached hydrogen (secondary N) is 3. The van der Waals surface area contributed by atoms with Gasteiger partial charge >= 0.3 is 5.97 Å². The molecule has 0 spiro atoms. The fourth-order valence-corrected chi connectivity index (χ4v) is 3.44. The van der Waals surface area contributed by atoms with E-state index in [9.17, 15) is 33.9 Å². The summed E-state index contributed by atoms with van der Waals surface area (Å²) in [5.74, 6) is -2.28. The van der Waals surface area contributed by atoms with Crippen LogP contribution in [0.3, 0.4) is 0 Å². The molecule has 16 heteroatoms. The predicted octanol–water partition coefficient (Wildman–Crippen LogP) is -2.11. The molecule has 5 N–H and O–H groups in total. The highest BCUT2D eigenvalue weighted by molar-refractivity contribution is 6.13. The normalized spacial score (nSPS) is 14.0. The third-order valence-corrected chi connectivity index (χ3v) is 5.83. The van der Waals surface area contributed by atoms with E-state index in [4.69, 9.17) is 24.1 Å². The first-order chi connectivity index (χ1) is 20.7.